The van der Waals surface area contributed by atoms with Crippen LogP contribution in [-0.2, 0) is 21.2 Å². The molecule has 204 valence electrons. The second-order valence-electron chi connectivity index (χ2n) is 9.17. The lowest BCUT2D eigenvalue weighted by molar-refractivity contribution is -0.116. The summed E-state index contributed by atoms with van der Waals surface area (Å²) < 4.78 is 27.5. The average Bonchev–Trinajstić information content (AvgIpc) is 3.43. The number of aryl methyl sites for hydroxylation is 1. The molecule has 0 radical (unpaired) electrons. The van der Waals surface area contributed by atoms with Gasteiger partial charge < -0.3 is 15.5 Å². The second-order valence-corrected chi connectivity index (χ2v) is 12.0. The number of sulfonamides is 1. The summed E-state index contributed by atoms with van der Waals surface area (Å²) in [5.41, 5.74) is 2.99. The number of amides is 1. The molecule has 0 spiro atoms. The highest BCUT2D eigenvalue weighted by Gasteiger charge is 2.13. The van der Waals surface area contributed by atoms with Crippen molar-refractivity contribution in [1.29, 1.82) is 0 Å². The fourth-order valence-corrected chi connectivity index (χ4v) is 5.51. The average molecular weight is 565 g/mol. The number of anilines is 3. The van der Waals surface area contributed by atoms with E-state index >= 15 is 0 Å². The summed E-state index contributed by atoms with van der Waals surface area (Å²) in [4.78, 5) is 24.5. The molecule has 9 nitrogen and oxygen atoms in total. The molecular weight excluding hydrogens is 532 g/mol. The van der Waals surface area contributed by atoms with Crippen molar-refractivity contribution in [2.24, 2.45) is 0 Å². The van der Waals surface area contributed by atoms with E-state index in [0.29, 0.717) is 36.8 Å². The lowest BCUT2D eigenvalue weighted by atomic mass is 10.1. The van der Waals surface area contributed by atoms with Crippen LogP contribution in [0.5, 0.6) is 0 Å². The van der Waals surface area contributed by atoms with Gasteiger partial charge in [0.15, 0.2) is 0 Å². The molecule has 0 saturated carbocycles. The molecular formula is C28H32N6O3S2. The van der Waals surface area contributed by atoms with Crippen molar-refractivity contribution < 1.29 is 13.2 Å². The molecule has 2 aromatic carbocycles. The molecule has 2 heterocycles. The number of benzene rings is 2. The first-order valence-electron chi connectivity index (χ1n) is 12.6. The highest BCUT2D eigenvalue weighted by Crippen LogP contribution is 2.22. The monoisotopic (exact) mass is 564 g/mol. The molecule has 1 amide bonds. The minimum Gasteiger partial charge on any atom is -0.326 e. The number of thiophene rings is 1. The fourth-order valence-electron chi connectivity index (χ4n) is 3.74. The summed E-state index contributed by atoms with van der Waals surface area (Å²) in [6.45, 7) is 0.944. The molecule has 0 bridgehead atoms. The van der Waals surface area contributed by atoms with Gasteiger partial charge in [0, 0.05) is 47.5 Å². The van der Waals surface area contributed by atoms with E-state index in [1.54, 1.807) is 47.9 Å². The van der Waals surface area contributed by atoms with Crippen LogP contribution in [0.1, 0.15) is 17.7 Å². The minimum atomic E-state index is -3.58. The molecule has 0 aliphatic rings. The third-order valence-electron chi connectivity index (χ3n) is 5.80. The van der Waals surface area contributed by atoms with Gasteiger partial charge in [-0.2, -0.15) is 0 Å². The summed E-state index contributed by atoms with van der Waals surface area (Å²) in [6, 6.07) is 19.9. The van der Waals surface area contributed by atoms with Crippen molar-refractivity contribution in [2.45, 2.75) is 24.2 Å². The van der Waals surface area contributed by atoms with Gasteiger partial charge in [-0.05, 0) is 80.8 Å². The normalized spacial score (nSPS) is 11.5. The molecule has 0 aliphatic heterocycles. The van der Waals surface area contributed by atoms with Crippen LogP contribution >= 0.6 is 11.3 Å². The zero-order chi connectivity index (χ0) is 27.7. The maximum Gasteiger partial charge on any atom is 0.240 e. The Labute approximate surface area is 233 Å². The van der Waals surface area contributed by atoms with E-state index in [1.165, 1.54) is 4.88 Å². The Balaban J connectivity index is 1.32. The third kappa shape index (κ3) is 8.69. The van der Waals surface area contributed by atoms with E-state index in [0.717, 1.165) is 24.1 Å². The molecule has 4 rings (SSSR count). The summed E-state index contributed by atoms with van der Waals surface area (Å²) in [6.07, 6.45) is 3.85. The lowest BCUT2D eigenvalue weighted by Crippen LogP contribution is -2.31. The van der Waals surface area contributed by atoms with Crippen LogP contribution < -0.4 is 15.4 Å². The maximum absolute atomic E-state index is 12.5. The first-order chi connectivity index (χ1) is 18.8. The Kier molecular flexibility index (Phi) is 9.77. The number of nitrogens with one attached hydrogen (secondary N) is 3. The molecule has 0 saturated heterocycles. The number of carbonyl (C=O) groups is 1. The van der Waals surface area contributed by atoms with Gasteiger partial charge in [0.05, 0.1) is 10.6 Å². The molecule has 3 N–H and O–H groups in total. The highest BCUT2D eigenvalue weighted by atomic mass is 32.2. The van der Waals surface area contributed by atoms with E-state index in [2.05, 4.69) is 31.4 Å². The predicted octanol–water partition coefficient (Wildman–Crippen LogP) is 4.75. The van der Waals surface area contributed by atoms with Crippen molar-refractivity contribution in [3.05, 3.63) is 83.2 Å². The van der Waals surface area contributed by atoms with E-state index in [4.69, 9.17) is 0 Å². The van der Waals surface area contributed by atoms with Gasteiger partial charge in [-0.15, -0.1) is 11.3 Å². The topological polar surface area (TPSA) is 116 Å². The molecule has 39 heavy (non-hydrogen) atoms. The highest BCUT2D eigenvalue weighted by molar-refractivity contribution is 7.89. The molecule has 0 aliphatic carbocycles. The number of aromatic nitrogens is 2. The standard InChI is InChI=1S/C28H32N6O3S2/c1-34(2)19-18-30-39(36,37)25-14-12-23(13-15-25)32-28-29-17-16-26(33-28)21-8-10-22(11-9-21)31-27(35)7-3-5-24-6-4-20-38-24/h4,6,8-17,20,30H,3,5,7,18-19H2,1-2H3,(H,31,35)(H,29,32,33). The largest absolute Gasteiger partial charge is 0.326 e. The van der Waals surface area contributed by atoms with Crippen LogP contribution in [0.15, 0.2) is 83.2 Å². The van der Waals surface area contributed by atoms with Gasteiger partial charge in [0.25, 0.3) is 0 Å². The maximum atomic E-state index is 12.5. The number of rotatable bonds is 13. The number of carbonyl (C=O) groups excluding carboxylic acids is 1. The summed E-state index contributed by atoms with van der Waals surface area (Å²) >= 11 is 1.71. The number of hydrogen-bond acceptors (Lipinski definition) is 8. The van der Waals surface area contributed by atoms with Crippen molar-refractivity contribution in [1.82, 2.24) is 19.6 Å². The fraction of sp³-hybridized carbons (Fsp3) is 0.250. The van der Waals surface area contributed by atoms with Gasteiger partial charge in [-0.1, -0.05) is 18.2 Å². The SMILES string of the molecule is CN(C)CCNS(=O)(=O)c1ccc(Nc2nccc(-c3ccc(NC(=O)CCCc4cccs4)cc3)n2)cc1. The van der Waals surface area contributed by atoms with Crippen molar-refractivity contribution in [2.75, 3.05) is 37.8 Å². The first-order valence-corrected chi connectivity index (χ1v) is 14.9. The quantitative estimate of drug-likeness (QED) is 0.215. The lowest BCUT2D eigenvalue weighted by Gasteiger charge is -2.11. The zero-order valence-electron chi connectivity index (χ0n) is 21.9. The molecule has 0 atom stereocenters. The molecule has 11 heteroatoms. The van der Waals surface area contributed by atoms with Crippen LogP contribution in [0, 0.1) is 0 Å². The van der Waals surface area contributed by atoms with Crippen molar-refractivity contribution in [3.8, 4) is 11.3 Å². The van der Waals surface area contributed by atoms with Gasteiger partial charge >= 0.3 is 0 Å². The second kappa shape index (κ2) is 13.4. The van der Waals surface area contributed by atoms with Crippen LogP contribution in [-0.4, -0.2) is 56.4 Å². The molecule has 2 aromatic heterocycles. The van der Waals surface area contributed by atoms with E-state index < -0.39 is 10.0 Å². The van der Waals surface area contributed by atoms with E-state index in [-0.39, 0.29) is 10.8 Å². The van der Waals surface area contributed by atoms with Crippen molar-refractivity contribution >= 4 is 44.6 Å². The smallest absolute Gasteiger partial charge is 0.240 e. The third-order valence-corrected chi connectivity index (χ3v) is 8.21. The molecule has 0 fully saturated rings. The van der Waals surface area contributed by atoms with Gasteiger partial charge in [-0.3, -0.25) is 4.79 Å². The molecule has 0 unspecified atom stereocenters. The Bertz CT molecular complexity index is 1460. The van der Waals surface area contributed by atoms with Crippen molar-refractivity contribution in [3.63, 3.8) is 0 Å². The van der Waals surface area contributed by atoms with E-state index in [1.807, 2.05) is 54.7 Å². The Morgan fingerprint density at radius 1 is 0.974 bits per heavy atom. The Morgan fingerprint density at radius 2 is 1.72 bits per heavy atom. The number of likely N-dealkylation sites (N-methyl/N-ethyl adjacent to an activating group) is 1. The van der Waals surface area contributed by atoms with Crippen LogP contribution in [0.2, 0.25) is 0 Å². The Morgan fingerprint density at radius 3 is 2.41 bits per heavy atom. The van der Waals surface area contributed by atoms with Gasteiger partial charge in [-0.25, -0.2) is 23.1 Å². The summed E-state index contributed by atoms with van der Waals surface area (Å²) in [7, 11) is 0.196. The minimum absolute atomic E-state index is 0.00371. The Hall–Kier alpha value is -3.64. The zero-order valence-corrected chi connectivity index (χ0v) is 23.6. The predicted molar refractivity (Wildman–Crippen MR) is 157 cm³/mol. The number of nitrogens with zero attached hydrogens (tertiary/aromatic N) is 3. The van der Waals surface area contributed by atoms with Gasteiger partial charge in [0.1, 0.15) is 0 Å². The van der Waals surface area contributed by atoms with Gasteiger partial charge in [0.2, 0.25) is 21.9 Å². The number of hydrogen-bond donors (Lipinski definition) is 3. The van der Waals surface area contributed by atoms with Crippen LogP contribution in [0.4, 0.5) is 17.3 Å². The summed E-state index contributed by atoms with van der Waals surface area (Å²) in [5.74, 6) is 0.381. The molecule has 4 aromatic rings. The summed E-state index contributed by atoms with van der Waals surface area (Å²) in [5, 5.41) is 8.11. The van der Waals surface area contributed by atoms with Crippen LogP contribution in [0.25, 0.3) is 11.3 Å². The van der Waals surface area contributed by atoms with E-state index in [9.17, 15) is 13.2 Å². The van der Waals surface area contributed by atoms with Crippen LogP contribution in [0.3, 0.4) is 0 Å². The first kappa shape index (κ1) is 28.4.